The maximum Gasteiger partial charge on any atom is 0.346 e. The summed E-state index contributed by atoms with van der Waals surface area (Å²) in [5.41, 5.74) is -1.12. The van der Waals surface area contributed by atoms with Gasteiger partial charge in [0, 0.05) is 11.5 Å². The third-order valence-corrected chi connectivity index (χ3v) is 7.13. The first-order valence-corrected chi connectivity index (χ1v) is 10.4. The van der Waals surface area contributed by atoms with Crippen LogP contribution < -0.4 is 9.47 Å². The van der Waals surface area contributed by atoms with Crippen molar-refractivity contribution in [2.75, 3.05) is 14.2 Å². The van der Waals surface area contributed by atoms with Gasteiger partial charge < -0.3 is 14.2 Å². The number of nitrogens with zero attached hydrogens (tertiary/aromatic N) is 1. The Morgan fingerprint density at radius 1 is 1.03 bits per heavy atom. The van der Waals surface area contributed by atoms with Crippen molar-refractivity contribution in [3.63, 3.8) is 0 Å². The SMILES string of the molecule is COc1cc(C(=O)O[C@H](C)C(=O)C23CC4CC(CC(C4)C2)C3)c([N+](=O)[O-])cc1OC. The fraction of sp³-hybridized carbons (Fsp3) is 0.636. The lowest BCUT2D eigenvalue weighted by Gasteiger charge is -2.56. The molecule has 0 unspecified atom stereocenters. The third-order valence-electron chi connectivity index (χ3n) is 7.13. The summed E-state index contributed by atoms with van der Waals surface area (Å²) in [4.78, 5) is 37.0. The van der Waals surface area contributed by atoms with Gasteiger partial charge in [-0.2, -0.15) is 0 Å². The van der Waals surface area contributed by atoms with Gasteiger partial charge in [0.2, 0.25) is 0 Å². The molecule has 8 nitrogen and oxygen atoms in total. The summed E-state index contributed by atoms with van der Waals surface area (Å²) in [6.07, 6.45) is 5.28. The fourth-order valence-corrected chi connectivity index (χ4v) is 6.30. The van der Waals surface area contributed by atoms with Crippen molar-refractivity contribution in [3.8, 4) is 11.5 Å². The smallest absolute Gasteiger partial charge is 0.346 e. The molecule has 8 heteroatoms. The second-order valence-electron chi connectivity index (χ2n) is 9.09. The van der Waals surface area contributed by atoms with Crippen LogP contribution in [0.25, 0.3) is 0 Å². The molecule has 5 rings (SSSR count). The highest BCUT2D eigenvalue weighted by molar-refractivity contribution is 5.98. The molecule has 1 aromatic rings. The number of ether oxygens (including phenoxy) is 3. The maximum absolute atomic E-state index is 13.4. The molecular formula is C22H27NO7. The summed E-state index contributed by atoms with van der Waals surface area (Å²) in [7, 11) is 2.73. The molecule has 30 heavy (non-hydrogen) atoms. The highest BCUT2D eigenvalue weighted by Gasteiger charge is 2.55. The highest BCUT2D eigenvalue weighted by atomic mass is 16.6. The number of methoxy groups -OCH3 is 2. The lowest BCUT2D eigenvalue weighted by Crippen LogP contribution is -2.52. The molecule has 0 heterocycles. The monoisotopic (exact) mass is 417 g/mol. The maximum atomic E-state index is 13.4. The average molecular weight is 417 g/mol. The second-order valence-corrected chi connectivity index (χ2v) is 9.09. The van der Waals surface area contributed by atoms with Crippen molar-refractivity contribution < 1.29 is 28.7 Å². The lowest BCUT2D eigenvalue weighted by atomic mass is 9.48. The van der Waals surface area contributed by atoms with Crippen LogP contribution in [0.2, 0.25) is 0 Å². The molecule has 1 atom stereocenters. The van der Waals surface area contributed by atoms with Crippen LogP contribution >= 0.6 is 0 Å². The number of Topliss-reactive ketones (excluding diaryl/α,β-unsaturated/α-hetero) is 1. The van der Waals surface area contributed by atoms with E-state index in [0.29, 0.717) is 17.8 Å². The Labute approximate surface area is 175 Å². The first kappa shape index (κ1) is 20.6. The number of esters is 1. The molecule has 4 aliphatic rings. The van der Waals surface area contributed by atoms with E-state index >= 15 is 0 Å². The molecule has 4 aliphatic carbocycles. The van der Waals surface area contributed by atoms with Gasteiger partial charge in [-0.15, -0.1) is 0 Å². The number of hydrogen-bond acceptors (Lipinski definition) is 7. The fourth-order valence-electron chi connectivity index (χ4n) is 6.30. The summed E-state index contributed by atoms with van der Waals surface area (Å²) in [6, 6.07) is 2.35. The van der Waals surface area contributed by atoms with Gasteiger partial charge in [-0.25, -0.2) is 4.79 Å². The first-order chi connectivity index (χ1) is 14.3. The van der Waals surface area contributed by atoms with Crippen LogP contribution in [0, 0.1) is 33.3 Å². The van der Waals surface area contributed by atoms with Gasteiger partial charge in [-0.05, 0) is 63.2 Å². The van der Waals surface area contributed by atoms with Gasteiger partial charge in [0.25, 0.3) is 5.69 Å². The van der Waals surface area contributed by atoms with E-state index in [9.17, 15) is 19.7 Å². The molecule has 0 saturated heterocycles. The number of carbonyl (C=O) groups is 2. The molecule has 0 aromatic heterocycles. The zero-order valence-electron chi connectivity index (χ0n) is 17.5. The lowest BCUT2D eigenvalue weighted by molar-refractivity contribution is -0.385. The van der Waals surface area contributed by atoms with E-state index in [0.717, 1.165) is 25.3 Å². The molecule has 0 amide bonds. The number of rotatable bonds is 7. The van der Waals surface area contributed by atoms with E-state index in [1.807, 2.05) is 0 Å². The molecule has 0 N–H and O–H groups in total. The minimum atomic E-state index is -0.957. The van der Waals surface area contributed by atoms with Gasteiger partial charge in [0.15, 0.2) is 23.4 Å². The number of ketones is 1. The Morgan fingerprint density at radius 2 is 1.53 bits per heavy atom. The third kappa shape index (κ3) is 3.42. The molecule has 4 saturated carbocycles. The standard InChI is InChI=1S/C22H27NO7/c1-12(20(24)22-9-13-4-14(10-22)6-15(5-13)11-22)30-21(25)16-7-18(28-2)19(29-3)8-17(16)23(26)27/h7-8,12-15H,4-6,9-11H2,1-3H3/t12-,13?,14?,15?,22?/m1/s1. The van der Waals surface area contributed by atoms with Crippen molar-refractivity contribution in [2.24, 2.45) is 23.2 Å². The van der Waals surface area contributed by atoms with Crippen molar-refractivity contribution in [1.82, 2.24) is 0 Å². The molecule has 1 aromatic carbocycles. The van der Waals surface area contributed by atoms with Crippen LogP contribution in [-0.4, -0.2) is 37.0 Å². The van der Waals surface area contributed by atoms with E-state index in [2.05, 4.69) is 0 Å². The predicted molar refractivity (Wildman–Crippen MR) is 107 cm³/mol. The Kier molecular flexibility index (Phi) is 5.20. The predicted octanol–water partition coefficient (Wildman–Crippen LogP) is 3.94. The van der Waals surface area contributed by atoms with E-state index in [1.165, 1.54) is 39.5 Å². The molecule has 0 radical (unpaired) electrons. The van der Waals surface area contributed by atoms with Gasteiger partial charge >= 0.3 is 5.97 Å². The van der Waals surface area contributed by atoms with E-state index < -0.39 is 28.1 Å². The summed E-state index contributed by atoms with van der Waals surface area (Å²) in [5, 5.41) is 11.5. The van der Waals surface area contributed by atoms with Crippen molar-refractivity contribution in [2.45, 2.75) is 51.6 Å². The second kappa shape index (κ2) is 7.56. The van der Waals surface area contributed by atoms with E-state index in [1.54, 1.807) is 6.92 Å². The topological polar surface area (TPSA) is 105 Å². The number of benzene rings is 1. The highest BCUT2D eigenvalue weighted by Crippen LogP contribution is 2.60. The van der Waals surface area contributed by atoms with Crippen LogP contribution in [-0.2, 0) is 9.53 Å². The Hall–Kier alpha value is -2.64. The van der Waals surface area contributed by atoms with Crippen LogP contribution in [0.4, 0.5) is 5.69 Å². The van der Waals surface area contributed by atoms with Gasteiger partial charge in [0.05, 0.1) is 25.2 Å². The zero-order chi connectivity index (χ0) is 21.6. The Balaban J connectivity index is 1.55. The van der Waals surface area contributed by atoms with Gasteiger partial charge in [-0.3, -0.25) is 14.9 Å². The molecule has 0 aliphatic heterocycles. The molecule has 4 bridgehead atoms. The average Bonchev–Trinajstić information content (AvgIpc) is 2.70. The molecule has 0 spiro atoms. The summed E-state index contributed by atoms with van der Waals surface area (Å²) >= 11 is 0. The van der Waals surface area contributed by atoms with Crippen molar-refractivity contribution in [1.29, 1.82) is 0 Å². The Morgan fingerprint density at radius 3 is 2.00 bits per heavy atom. The Bertz CT molecular complexity index is 858. The van der Waals surface area contributed by atoms with Crippen LogP contribution in [0.15, 0.2) is 12.1 Å². The van der Waals surface area contributed by atoms with Gasteiger partial charge in [-0.1, -0.05) is 0 Å². The molecule has 4 fully saturated rings. The van der Waals surface area contributed by atoms with Gasteiger partial charge in [0.1, 0.15) is 5.56 Å². The molecular weight excluding hydrogens is 390 g/mol. The molecule has 162 valence electrons. The minimum absolute atomic E-state index is 0.0434. The van der Waals surface area contributed by atoms with Crippen LogP contribution in [0.5, 0.6) is 11.5 Å². The minimum Gasteiger partial charge on any atom is -0.493 e. The normalized spacial score (nSPS) is 29.9. The van der Waals surface area contributed by atoms with Crippen molar-refractivity contribution >= 4 is 17.4 Å². The summed E-state index contributed by atoms with van der Waals surface area (Å²) in [5.74, 6) is 1.14. The number of nitro benzene ring substituents is 1. The number of hydrogen-bond donors (Lipinski definition) is 0. The zero-order valence-corrected chi connectivity index (χ0v) is 17.5. The largest absolute Gasteiger partial charge is 0.493 e. The van der Waals surface area contributed by atoms with Crippen LogP contribution in [0.1, 0.15) is 55.8 Å². The summed E-state index contributed by atoms with van der Waals surface area (Å²) in [6.45, 7) is 1.57. The van der Waals surface area contributed by atoms with Crippen molar-refractivity contribution in [3.05, 3.63) is 27.8 Å². The summed E-state index contributed by atoms with van der Waals surface area (Å²) < 4.78 is 15.7. The van der Waals surface area contributed by atoms with E-state index in [-0.39, 0.29) is 22.8 Å². The van der Waals surface area contributed by atoms with E-state index in [4.69, 9.17) is 14.2 Å². The first-order valence-electron chi connectivity index (χ1n) is 10.4. The van der Waals surface area contributed by atoms with Crippen LogP contribution in [0.3, 0.4) is 0 Å². The quantitative estimate of drug-likeness (QED) is 0.376. The number of carbonyl (C=O) groups excluding carboxylic acids is 2. The number of nitro groups is 1.